The molecule has 2 aromatic carbocycles. The molecule has 1 aliphatic rings. The van der Waals surface area contributed by atoms with Crippen LogP contribution in [0.3, 0.4) is 0 Å². The summed E-state index contributed by atoms with van der Waals surface area (Å²) >= 11 is 0. The molecule has 0 spiro atoms. The lowest BCUT2D eigenvalue weighted by atomic mass is 9.91. The van der Waals surface area contributed by atoms with Crippen molar-refractivity contribution >= 4 is 17.5 Å². The number of hydrogen-bond donors (Lipinski definition) is 2. The van der Waals surface area contributed by atoms with Crippen molar-refractivity contribution < 1.29 is 9.59 Å². The van der Waals surface area contributed by atoms with E-state index in [9.17, 15) is 9.59 Å². The molecule has 0 saturated carbocycles. The number of rotatable bonds is 4. The zero-order chi connectivity index (χ0) is 19.4. The van der Waals surface area contributed by atoms with Gasteiger partial charge in [0.05, 0.1) is 11.3 Å². The molecular formula is C22H27N3O2. The number of aryl methyl sites for hydroxylation is 1. The maximum absolute atomic E-state index is 13.1. The first kappa shape index (κ1) is 19.1. The molecule has 2 atom stereocenters. The van der Waals surface area contributed by atoms with Gasteiger partial charge in [0.15, 0.2) is 0 Å². The van der Waals surface area contributed by atoms with Crippen molar-refractivity contribution in [2.45, 2.75) is 32.7 Å². The van der Waals surface area contributed by atoms with Crippen molar-refractivity contribution in [2.24, 2.45) is 11.7 Å². The van der Waals surface area contributed by atoms with Crippen LogP contribution >= 0.6 is 0 Å². The van der Waals surface area contributed by atoms with Gasteiger partial charge in [0, 0.05) is 24.7 Å². The first-order valence-electron chi connectivity index (χ1n) is 9.47. The largest absolute Gasteiger partial charge is 0.338 e. The zero-order valence-electron chi connectivity index (χ0n) is 15.9. The predicted octanol–water partition coefficient (Wildman–Crippen LogP) is 3.45. The lowest BCUT2D eigenvalue weighted by molar-refractivity contribution is 0.0662. The van der Waals surface area contributed by atoms with Gasteiger partial charge in [0.1, 0.15) is 0 Å². The monoisotopic (exact) mass is 365 g/mol. The minimum Gasteiger partial charge on any atom is -0.338 e. The summed E-state index contributed by atoms with van der Waals surface area (Å²) in [5, 5.41) is 2.90. The number of carbonyl (C=O) groups is 2. The average molecular weight is 365 g/mol. The Kier molecular flexibility index (Phi) is 5.91. The number of benzene rings is 2. The number of nitrogens with one attached hydrogen (secondary N) is 1. The fourth-order valence-electron chi connectivity index (χ4n) is 3.55. The molecule has 3 N–H and O–H groups in total. The Morgan fingerprint density at radius 1 is 1.19 bits per heavy atom. The first-order chi connectivity index (χ1) is 13.0. The Hall–Kier alpha value is -2.66. The summed E-state index contributed by atoms with van der Waals surface area (Å²) in [6.45, 7) is 5.33. The van der Waals surface area contributed by atoms with Crippen LogP contribution in [0, 0.1) is 12.8 Å². The maximum Gasteiger partial charge on any atom is 0.255 e. The van der Waals surface area contributed by atoms with Gasteiger partial charge in [-0.1, -0.05) is 29.8 Å². The molecule has 2 aromatic rings. The predicted molar refractivity (Wildman–Crippen MR) is 108 cm³/mol. The van der Waals surface area contributed by atoms with E-state index < -0.39 is 0 Å². The third-order valence-corrected chi connectivity index (χ3v) is 5.17. The Labute approximate surface area is 160 Å². The number of nitrogens with two attached hydrogens (primary N) is 1. The van der Waals surface area contributed by atoms with Crippen LogP contribution < -0.4 is 11.1 Å². The highest BCUT2D eigenvalue weighted by atomic mass is 16.2. The van der Waals surface area contributed by atoms with E-state index in [2.05, 4.69) is 5.32 Å². The van der Waals surface area contributed by atoms with Crippen LogP contribution in [0.25, 0.3) is 0 Å². The average Bonchev–Trinajstić information content (AvgIpc) is 2.68. The quantitative estimate of drug-likeness (QED) is 0.871. The molecular weight excluding hydrogens is 338 g/mol. The van der Waals surface area contributed by atoms with Crippen molar-refractivity contribution in [1.82, 2.24) is 4.90 Å². The minimum absolute atomic E-state index is 0.0551. The third kappa shape index (κ3) is 4.55. The summed E-state index contributed by atoms with van der Waals surface area (Å²) in [5.74, 6) is 0.0447. The Bertz CT molecular complexity index is 832. The van der Waals surface area contributed by atoms with E-state index in [0.29, 0.717) is 29.3 Å². The van der Waals surface area contributed by atoms with E-state index in [1.807, 2.05) is 49.1 Å². The van der Waals surface area contributed by atoms with Crippen LogP contribution in [0.4, 0.5) is 5.69 Å². The maximum atomic E-state index is 13.1. The van der Waals surface area contributed by atoms with E-state index in [1.54, 1.807) is 18.2 Å². The number of piperidine rings is 1. The highest BCUT2D eigenvalue weighted by molar-refractivity contribution is 6.09. The highest BCUT2D eigenvalue weighted by Crippen LogP contribution is 2.24. The van der Waals surface area contributed by atoms with Gasteiger partial charge in [-0.15, -0.1) is 0 Å². The summed E-state index contributed by atoms with van der Waals surface area (Å²) in [6, 6.07) is 14.6. The Balaban J connectivity index is 1.79. The fourth-order valence-corrected chi connectivity index (χ4v) is 3.55. The van der Waals surface area contributed by atoms with Crippen LogP contribution in [0.1, 0.15) is 46.0 Å². The number of anilines is 1. The molecule has 3 rings (SSSR count). The molecule has 0 bridgehead atoms. The van der Waals surface area contributed by atoms with Crippen molar-refractivity contribution in [3.05, 3.63) is 65.2 Å². The molecule has 5 heteroatoms. The summed E-state index contributed by atoms with van der Waals surface area (Å²) in [7, 11) is 0. The van der Waals surface area contributed by atoms with Crippen LogP contribution in [-0.2, 0) is 0 Å². The van der Waals surface area contributed by atoms with Gasteiger partial charge < -0.3 is 16.0 Å². The molecule has 2 unspecified atom stereocenters. The van der Waals surface area contributed by atoms with Crippen LogP contribution in [-0.4, -0.2) is 35.8 Å². The van der Waals surface area contributed by atoms with Crippen molar-refractivity contribution in [3.8, 4) is 0 Å². The van der Waals surface area contributed by atoms with E-state index in [-0.39, 0.29) is 17.9 Å². The zero-order valence-corrected chi connectivity index (χ0v) is 15.9. The van der Waals surface area contributed by atoms with Crippen LogP contribution in [0.15, 0.2) is 48.5 Å². The van der Waals surface area contributed by atoms with E-state index in [1.165, 1.54) is 0 Å². The molecule has 5 nitrogen and oxygen atoms in total. The van der Waals surface area contributed by atoms with Crippen molar-refractivity contribution in [2.75, 3.05) is 18.4 Å². The SMILES string of the molecule is Cc1cccc(C(=O)Nc2ccccc2C(=O)N2CCCC(C(C)N)C2)c1. The summed E-state index contributed by atoms with van der Waals surface area (Å²) in [4.78, 5) is 27.6. The molecule has 0 aliphatic carbocycles. The number of hydrogen-bond acceptors (Lipinski definition) is 3. The first-order valence-corrected chi connectivity index (χ1v) is 9.47. The van der Waals surface area contributed by atoms with Crippen LogP contribution in [0.5, 0.6) is 0 Å². The second-order valence-electron chi connectivity index (χ2n) is 7.38. The topological polar surface area (TPSA) is 75.4 Å². The summed E-state index contributed by atoms with van der Waals surface area (Å²) in [5.41, 5.74) is 8.69. The van der Waals surface area contributed by atoms with Gasteiger partial charge in [0.2, 0.25) is 0 Å². The molecule has 2 amide bonds. The van der Waals surface area contributed by atoms with Gasteiger partial charge in [-0.3, -0.25) is 9.59 Å². The van der Waals surface area contributed by atoms with Crippen molar-refractivity contribution in [1.29, 1.82) is 0 Å². The highest BCUT2D eigenvalue weighted by Gasteiger charge is 2.27. The van der Waals surface area contributed by atoms with E-state index in [0.717, 1.165) is 24.9 Å². The third-order valence-electron chi connectivity index (χ3n) is 5.17. The Morgan fingerprint density at radius 3 is 2.70 bits per heavy atom. The molecule has 1 aliphatic heterocycles. The molecule has 0 aromatic heterocycles. The smallest absolute Gasteiger partial charge is 0.255 e. The summed E-state index contributed by atoms with van der Waals surface area (Å²) < 4.78 is 0. The molecule has 1 saturated heterocycles. The Morgan fingerprint density at radius 2 is 1.96 bits per heavy atom. The lowest BCUT2D eigenvalue weighted by Crippen LogP contribution is -2.45. The number of carbonyl (C=O) groups excluding carboxylic acids is 2. The number of amides is 2. The molecule has 0 radical (unpaired) electrons. The summed E-state index contributed by atoms with van der Waals surface area (Å²) in [6.07, 6.45) is 2.00. The standard InChI is InChI=1S/C22H27N3O2/c1-15-7-5-8-17(13-15)21(26)24-20-11-4-3-10-19(20)22(27)25-12-6-9-18(14-25)16(2)23/h3-5,7-8,10-11,13,16,18H,6,9,12,14,23H2,1-2H3,(H,24,26). The second-order valence-corrected chi connectivity index (χ2v) is 7.38. The van der Waals surface area contributed by atoms with Gasteiger partial charge in [0.25, 0.3) is 11.8 Å². The van der Waals surface area contributed by atoms with Crippen molar-refractivity contribution in [3.63, 3.8) is 0 Å². The van der Waals surface area contributed by atoms with E-state index >= 15 is 0 Å². The van der Waals surface area contributed by atoms with Gasteiger partial charge in [-0.05, 0) is 56.9 Å². The number of para-hydroxylation sites is 1. The molecule has 1 fully saturated rings. The lowest BCUT2D eigenvalue weighted by Gasteiger charge is -2.35. The number of likely N-dealkylation sites (tertiary alicyclic amines) is 1. The van der Waals surface area contributed by atoms with Crippen LogP contribution in [0.2, 0.25) is 0 Å². The van der Waals surface area contributed by atoms with Gasteiger partial charge in [-0.2, -0.15) is 0 Å². The van der Waals surface area contributed by atoms with E-state index in [4.69, 9.17) is 5.73 Å². The molecule has 142 valence electrons. The number of nitrogens with zero attached hydrogens (tertiary/aromatic N) is 1. The molecule has 1 heterocycles. The molecule has 27 heavy (non-hydrogen) atoms. The van der Waals surface area contributed by atoms with Gasteiger partial charge in [-0.25, -0.2) is 0 Å². The van der Waals surface area contributed by atoms with Gasteiger partial charge >= 0.3 is 0 Å². The minimum atomic E-state index is -0.217. The fraction of sp³-hybridized carbons (Fsp3) is 0.364. The normalized spacial score (nSPS) is 18.0. The second kappa shape index (κ2) is 8.35.